The lowest BCUT2D eigenvalue weighted by atomic mass is 10.1. The predicted molar refractivity (Wildman–Crippen MR) is 81.9 cm³/mol. The quantitative estimate of drug-likeness (QED) is 0.784. The normalized spacial score (nSPS) is 11.5. The minimum absolute atomic E-state index is 0.0187. The monoisotopic (exact) mass is 352 g/mol. The van der Waals surface area contributed by atoms with E-state index >= 15 is 0 Å². The van der Waals surface area contributed by atoms with Gasteiger partial charge < -0.3 is 5.32 Å². The molecule has 0 aliphatic rings. The van der Waals surface area contributed by atoms with Crippen LogP contribution in [0.5, 0.6) is 0 Å². The molecule has 0 fully saturated rings. The highest BCUT2D eigenvalue weighted by Crippen LogP contribution is 2.31. The van der Waals surface area contributed by atoms with Gasteiger partial charge in [0, 0.05) is 5.38 Å². The number of benzene rings is 1. The molecule has 2 heterocycles. The van der Waals surface area contributed by atoms with Crippen LogP contribution in [-0.2, 0) is 12.7 Å². The molecule has 0 saturated carbocycles. The molecule has 3 rings (SSSR count). The minimum Gasteiger partial charge on any atom is -0.346 e. The molecule has 5 nitrogen and oxygen atoms in total. The number of aromatic nitrogens is 3. The van der Waals surface area contributed by atoms with Gasteiger partial charge in [-0.3, -0.25) is 4.79 Å². The first-order valence-corrected chi connectivity index (χ1v) is 7.77. The van der Waals surface area contributed by atoms with Crippen molar-refractivity contribution < 1.29 is 18.0 Å². The Labute approximate surface area is 138 Å². The molecule has 1 amide bonds. The summed E-state index contributed by atoms with van der Waals surface area (Å²) in [7, 11) is 0. The lowest BCUT2D eigenvalue weighted by Gasteiger charge is -2.12. The van der Waals surface area contributed by atoms with Crippen LogP contribution < -0.4 is 5.32 Å². The number of nitrogens with zero attached hydrogens (tertiary/aromatic N) is 3. The molecule has 24 heavy (non-hydrogen) atoms. The summed E-state index contributed by atoms with van der Waals surface area (Å²) in [5.74, 6) is -0.812. The molecule has 1 N–H and O–H groups in total. The second-order valence-electron chi connectivity index (χ2n) is 4.86. The van der Waals surface area contributed by atoms with Crippen molar-refractivity contribution in [1.29, 1.82) is 0 Å². The summed E-state index contributed by atoms with van der Waals surface area (Å²) >= 11 is 1.50. The molecule has 0 atom stereocenters. The van der Waals surface area contributed by atoms with Crippen LogP contribution in [0.3, 0.4) is 0 Å². The summed E-state index contributed by atoms with van der Waals surface area (Å²) in [6.45, 7) is -0.0187. The lowest BCUT2D eigenvalue weighted by Crippen LogP contribution is -2.26. The largest absolute Gasteiger partial charge is 0.417 e. The predicted octanol–water partition coefficient (Wildman–Crippen LogP) is 3.28. The Kier molecular flexibility index (Phi) is 4.34. The summed E-state index contributed by atoms with van der Waals surface area (Å²) in [6, 6.07) is 6.49. The van der Waals surface area contributed by atoms with Crippen LogP contribution in [0, 0.1) is 0 Å². The summed E-state index contributed by atoms with van der Waals surface area (Å²) in [6.07, 6.45) is -2.98. The van der Waals surface area contributed by atoms with Gasteiger partial charge >= 0.3 is 6.18 Å². The summed E-state index contributed by atoms with van der Waals surface area (Å²) in [4.78, 5) is 12.1. The van der Waals surface area contributed by atoms with Crippen LogP contribution in [0.1, 0.15) is 21.6 Å². The first kappa shape index (κ1) is 16.2. The molecular weight excluding hydrogens is 341 g/mol. The minimum atomic E-state index is -4.59. The third kappa shape index (κ3) is 3.46. The number of amides is 1. The Bertz CT molecular complexity index is 843. The van der Waals surface area contributed by atoms with Crippen molar-refractivity contribution in [2.24, 2.45) is 0 Å². The van der Waals surface area contributed by atoms with E-state index in [0.717, 1.165) is 17.8 Å². The van der Waals surface area contributed by atoms with Gasteiger partial charge in [0.15, 0.2) is 0 Å². The molecule has 0 unspecified atom stereocenters. The zero-order valence-corrected chi connectivity index (χ0v) is 12.9. The maximum atomic E-state index is 12.9. The van der Waals surface area contributed by atoms with Gasteiger partial charge in [0.05, 0.1) is 29.6 Å². The summed E-state index contributed by atoms with van der Waals surface area (Å²) < 4.78 is 40.3. The maximum absolute atomic E-state index is 12.9. The number of alkyl halides is 3. The van der Waals surface area contributed by atoms with Crippen LogP contribution >= 0.6 is 11.3 Å². The average Bonchev–Trinajstić information content (AvgIpc) is 3.23. The van der Waals surface area contributed by atoms with E-state index in [1.54, 1.807) is 6.20 Å². The van der Waals surface area contributed by atoms with E-state index in [1.807, 2.05) is 16.8 Å². The van der Waals surface area contributed by atoms with E-state index in [-0.39, 0.29) is 6.54 Å². The number of halogens is 3. The van der Waals surface area contributed by atoms with Crippen molar-refractivity contribution in [3.63, 3.8) is 0 Å². The average molecular weight is 352 g/mol. The fourth-order valence-electron chi connectivity index (χ4n) is 2.09. The maximum Gasteiger partial charge on any atom is 0.417 e. The van der Waals surface area contributed by atoms with E-state index < -0.39 is 23.2 Å². The first-order valence-electron chi connectivity index (χ1n) is 6.83. The van der Waals surface area contributed by atoms with Gasteiger partial charge in [-0.2, -0.15) is 24.5 Å². The molecule has 0 radical (unpaired) electrons. The van der Waals surface area contributed by atoms with Crippen LogP contribution in [-0.4, -0.2) is 20.9 Å². The van der Waals surface area contributed by atoms with E-state index in [9.17, 15) is 18.0 Å². The van der Waals surface area contributed by atoms with Gasteiger partial charge in [-0.1, -0.05) is 17.3 Å². The highest BCUT2D eigenvalue weighted by atomic mass is 32.1. The zero-order chi connectivity index (χ0) is 17.2. The van der Waals surface area contributed by atoms with Gasteiger partial charge in [-0.15, -0.1) is 5.10 Å². The smallest absolute Gasteiger partial charge is 0.346 e. The molecule has 9 heteroatoms. The second-order valence-corrected chi connectivity index (χ2v) is 5.64. The standard InChI is InChI=1S/C15H11F3N4OS/c16-15(17,18)13-4-2-1-3-12(13)14(23)19-7-10-8-22(21-20-10)11-5-6-24-9-11/h1-6,8-9H,7H2,(H,19,23). The van der Waals surface area contributed by atoms with Crippen molar-refractivity contribution in [2.75, 3.05) is 0 Å². The molecule has 0 aliphatic heterocycles. The van der Waals surface area contributed by atoms with Crippen molar-refractivity contribution in [3.05, 3.63) is 64.1 Å². The van der Waals surface area contributed by atoms with Crippen molar-refractivity contribution in [3.8, 4) is 5.69 Å². The molecule has 0 saturated heterocycles. The van der Waals surface area contributed by atoms with Gasteiger partial charge in [0.25, 0.3) is 5.91 Å². The molecule has 3 aromatic rings. The summed E-state index contributed by atoms with van der Waals surface area (Å²) in [5, 5.41) is 14.0. The number of carbonyl (C=O) groups is 1. The van der Waals surface area contributed by atoms with Crippen LogP contribution in [0.2, 0.25) is 0 Å². The SMILES string of the molecule is O=C(NCc1cn(-c2ccsc2)nn1)c1ccccc1C(F)(F)F. The lowest BCUT2D eigenvalue weighted by molar-refractivity contribution is -0.137. The molecule has 1 aromatic carbocycles. The molecule has 0 spiro atoms. The van der Waals surface area contributed by atoms with Gasteiger partial charge in [-0.05, 0) is 23.6 Å². The molecule has 0 bridgehead atoms. The first-order chi connectivity index (χ1) is 11.4. The molecule has 2 aromatic heterocycles. The highest BCUT2D eigenvalue weighted by Gasteiger charge is 2.34. The third-order valence-electron chi connectivity index (χ3n) is 3.22. The number of carbonyl (C=O) groups excluding carboxylic acids is 1. The van der Waals surface area contributed by atoms with Crippen LogP contribution in [0.15, 0.2) is 47.3 Å². The van der Waals surface area contributed by atoms with Crippen molar-refractivity contribution >= 4 is 17.2 Å². The number of thiophene rings is 1. The Morgan fingerprint density at radius 2 is 2.04 bits per heavy atom. The van der Waals surface area contributed by atoms with Crippen molar-refractivity contribution in [1.82, 2.24) is 20.3 Å². The number of nitrogens with one attached hydrogen (secondary N) is 1. The Morgan fingerprint density at radius 1 is 1.25 bits per heavy atom. The van der Waals surface area contributed by atoms with Crippen LogP contribution in [0.25, 0.3) is 5.69 Å². The van der Waals surface area contributed by atoms with Gasteiger partial charge in [-0.25, -0.2) is 4.68 Å². The Balaban J connectivity index is 1.71. The number of rotatable bonds is 4. The Hall–Kier alpha value is -2.68. The van der Waals surface area contributed by atoms with Crippen molar-refractivity contribution in [2.45, 2.75) is 12.7 Å². The molecular formula is C15H11F3N4OS. The van der Waals surface area contributed by atoms with E-state index in [1.165, 1.54) is 28.2 Å². The molecule has 0 aliphatic carbocycles. The fraction of sp³-hybridized carbons (Fsp3) is 0.133. The number of hydrogen-bond acceptors (Lipinski definition) is 4. The van der Waals surface area contributed by atoms with E-state index in [0.29, 0.717) is 5.69 Å². The third-order valence-corrected chi connectivity index (χ3v) is 3.89. The highest BCUT2D eigenvalue weighted by molar-refractivity contribution is 7.08. The number of hydrogen-bond donors (Lipinski definition) is 1. The Morgan fingerprint density at radius 3 is 2.75 bits per heavy atom. The van der Waals surface area contributed by atoms with Crippen LogP contribution in [0.4, 0.5) is 13.2 Å². The summed E-state index contributed by atoms with van der Waals surface area (Å²) in [5.41, 5.74) is -0.119. The van der Waals surface area contributed by atoms with Gasteiger partial charge in [0.2, 0.25) is 0 Å². The van der Waals surface area contributed by atoms with Gasteiger partial charge in [0.1, 0.15) is 5.69 Å². The van der Waals surface area contributed by atoms with E-state index in [4.69, 9.17) is 0 Å². The zero-order valence-electron chi connectivity index (χ0n) is 12.1. The van der Waals surface area contributed by atoms with E-state index in [2.05, 4.69) is 15.6 Å². The second kappa shape index (κ2) is 6.44. The molecule has 124 valence electrons. The fourth-order valence-corrected chi connectivity index (χ4v) is 2.71. The topological polar surface area (TPSA) is 59.8 Å².